The predicted molar refractivity (Wildman–Crippen MR) is 114 cm³/mol. The van der Waals surface area contributed by atoms with Crippen LogP contribution < -0.4 is 10.2 Å². The van der Waals surface area contributed by atoms with Crippen molar-refractivity contribution in [3.05, 3.63) is 54.4 Å². The molecule has 6 heteroatoms. The van der Waals surface area contributed by atoms with E-state index in [-0.39, 0.29) is 17.7 Å². The minimum absolute atomic E-state index is 0.00955. The Kier molecular flexibility index (Phi) is 5.79. The summed E-state index contributed by atoms with van der Waals surface area (Å²) in [6, 6.07) is 12.1. The number of likely N-dealkylation sites (tertiary alicyclic amines) is 1. The lowest BCUT2D eigenvalue weighted by Crippen LogP contribution is -2.52. The molecule has 0 saturated carbocycles. The van der Waals surface area contributed by atoms with Crippen LogP contribution in [0.2, 0.25) is 0 Å². The third-order valence-electron chi connectivity index (χ3n) is 6.06. The molecule has 0 unspecified atom stereocenters. The highest BCUT2D eigenvalue weighted by Gasteiger charge is 2.33. The highest BCUT2D eigenvalue weighted by molar-refractivity contribution is 5.94. The molecule has 2 aromatic rings. The fraction of sp³-hybridized carbons (Fsp3) is 0.435. The first-order valence-electron chi connectivity index (χ1n) is 10.5. The smallest absolute Gasteiger partial charge is 0.231 e. The van der Waals surface area contributed by atoms with E-state index in [4.69, 9.17) is 0 Å². The topological polar surface area (TPSA) is 65.5 Å². The Hall–Kier alpha value is -2.89. The highest BCUT2D eigenvalue weighted by Crippen LogP contribution is 2.29. The average molecular weight is 393 g/mol. The lowest BCUT2D eigenvalue weighted by molar-refractivity contribution is -0.131. The Bertz CT molecular complexity index is 839. The zero-order valence-corrected chi connectivity index (χ0v) is 16.9. The Balaban J connectivity index is 1.26. The van der Waals surface area contributed by atoms with Crippen molar-refractivity contribution in [2.24, 2.45) is 5.92 Å². The third-order valence-corrected chi connectivity index (χ3v) is 6.06. The van der Waals surface area contributed by atoms with Gasteiger partial charge in [0.1, 0.15) is 0 Å². The van der Waals surface area contributed by atoms with Crippen LogP contribution in [0.1, 0.15) is 37.7 Å². The van der Waals surface area contributed by atoms with Gasteiger partial charge in [0.15, 0.2) is 0 Å². The molecule has 2 aliphatic rings. The SMILES string of the molecule is CCC(=O)N1CCC(c2ccc(NC(=O)C3CN(c4cccnc4)C3)cc2)CC1. The number of nitrogens with zero attached hydrogens (tertiary/aromatic N) is 3. The van der Waals surface area contributed by atoms with E-state index in [9.17, 15) is 9.59 Å². The predicted octanol–water partition coefficient (Wildman–Crippen LogP) is 3.27. The van der Waals surface area contributed by atoms with Crippen molar-refractivity contribution < 1.29 is 9.59 Å². The normalized spacial score (nSPS) is 17.7. The number of amides is 2. The molecule has 1 aromatic heterocycles. The number of piperidine rings is 1. The average Bonchev–Trinajstić information content (AvgIpc) is 2.73. The van der Waals surface area contributed by atoms with Gasteiger partial charge in [0.2, 0.25) is 11.8 Å². The van der Waals surface area contributed by atoms with Crippen molar-refractivity contribution in [3.63, 3.8) is 0 Å². The van der Waals surface area contributed by atoms with E-state index in [0.717, 1.165) is 50.4 Å². The van der Waals surface area contributed by atoms with Crippen molar-refractivity contribution in [1.82, 2.24) is 9.88 Å². The number of pyridine rings is 1. The number of hydrogen-bond acceptors (Lipinski definition) is 4. The largest absolute Gasteiger partial charge is 0.369 e. The van der Waals surface area contributed by atoms with Crippen LogP contribution in [0.25, 0.3) is 0 Å². The third kappa shape index (κ3) is 4.42. The van der Waals surface area contributed by atoms with Crippen molar-refractivity contribution in [2.75, 3.05) is 36.4 Å². The Labute approximate surface area is 171 Å². The second kappa shape index (κ2) is 8.64. The first kappa shape index (κ1) is 19.4. The minimum atomic E-state index is 0.00955. The maximum absolute atomic E-state index is 12.5. The quantitative estimate of drug-likeness (QED) is 0.848. The van der Waals surface area contributed by atoms with Crippen LogP contribution in [-0.4, -0.2) is 47.9 Å². The molecule has 1 aromatic carbocycles. The molecule has 1 N–H and O–H groups in total. The van der Waals surface area contributed by atoms with E-state index in [1.54, 1.807) is 6.20 Å². The molecule has 0 radical (unpaired) electrons. The summed E-state index contributed by atoms with van der Waals surface area (Å²) in [7, 11) is 0. The number of benzene rings is 1. The van der Waals surface area contributed by atoms with Gasteiger partial charge in [0.25, 0.3) is 0 Å². The molecular weight excluding hydrogens is 364 g/mol. The molecule has 6 nitrogen and oxygen atoms in total. The van der Waals surface area contributed by atoms with E-state index in [2.05, 4.69) is 27.3 Å². The van der Waals surface area contributed by atoms with Gasteiger partial charge in [0.05, 0.1) is 17.8 Å². The molecule has 2 amide bonds. The molecule has 2 fully saturated rings. The molecule has 4 rings (SSSR count). The summed E-state index contributed by atoms with van der Waals surface area (Å²) in [6.45, 7) is 5.05. The van der Waals surface area contributed by atoms with Gasteiger partial charge in [-0.15, -0.1) is 0 Å². The van der Waals surface area contributed by atoms with Crippen LogP contribution in [0.3, 0.4) is 0 Å². The molecule has 152 valence electrons. The number of carbonyl (C=O) groups excluding carboxylic acids is 2. The molecular formula is C23H28N4O2. The number of hydrogen-bond donors (Lipinski definition) is 1. The Morgan fingerprint density at radius 2 is 1.83 bits per heavy atom. The molecule has 2 saturated heterocycles. The van der Waals surface area contributed by atoms with Crippen LogP contribution in [0.5, 0.6) is 0 Å². The molecule has 2 aliphatic heterocycles. The van der Waals surface area contributed by atoms with E-state index < -0.39 is 0 Å². The van der Waals surface area contributed by atoms with Gasteiger partial charge in [-0.05, 0) is 48.6 Å². The lowest BCUT2D eigenvalue weighted by atomic mass is 9.89. The zero-order valence-electron chi connectivity index (χ0n) is 16.9. The van der Waals surface area contributed by atoms with Crippen LogP contribution in [-0.2, 0) is 9.59 Å². The van der Waals surface area contributed by atoms with Crippen LogP contribution in [0.15, 0.2) is 48.8 Å². The second-order valence-electron chi connectivity index (χ2n) is 7.93. The number of rotatable bonds is 5. The minimum Gasteiger partial charge on any atom is -0.369 e. The number of aromatic nitrogens is 1. The molecule has 3 heterocycles. The van der Waals surface area contributed by atoms with Gasteiger partial charge >= 0.3 is 0 Å². The van der Waals surface area contributed by atoms with E-state index >= 15 is 0 Å². The summed E-state index contributed by atoms with van der Waals surface area (Å²) in [5, 5.41) is 3.04. The van der Waals surface area contributed by atoms with Crippen molar-refractivity contribution in [3.8, 4) is 0 Å². The molecule has 0 bridgehead atoms. The van der Waals surface area contributed by atoms with Crippen molar-refractivity contribution in [2.45, 2.75) is 32.1 Å². The summed E-state index contributed by atoms with van der Waals surface area (Å²) in [4.78, 5) is 32.6. The number of carbonyl (C=O) groups is 2. The maximum atomic E-state index is 12.5. The Morgan fingerprint density at radius 3 is 2.45 bits per heavy atom. The van der Waals surface area contributed by atoms with E-state index in [1.807, 2.05) is 42.3 Å². The lowest BCUT2D eigenvalue weighted by Gasteiger charge is -2.39. The number of anilines is 2. The monoisotopic (exact) mass is 392 g/mol. The van der Waals surface area contributed by atoms with Gasteiger partial charge in [-0.25, -0.2) is 0 Å². The van der Waals surface area contributed by atoms with E-state index in [0.29, 0.717) is 12.3 Å². The van der Waals surface area contributed by atoms with Crippen molar-refractivity contribution >= 4 is 23.2 Å². The summed E-state index contributed by atoms with van der Waals surface area (Å²) in [6.07, 6.45) is 6.17. The summed E-state index contributed by atoms with van der Waals surface area (Å²) < 4.78 is 0. The summed E-state index contributed by atoms with van der Waals surface area (Å²) in [5.41, 5.74) is 3.20. The van der Waals surface area contributed by atoms with Gasteiger partial charge in [-0.2, -0.15) is 0 Å². The molecule has 29 heavy (non-hydrogen) atoms. The summed E-state index contributed by atoms with van der Waals surface area (Å²) in [5.74, 6) is 0.819. The fourth-order valence-corrected chi connectivity index (χ4v) is 4.16. The van der Waals surface area contributed by atoms with Gasteiger partial charge in [0, 0.05) is 44.5 Å². The van der Waals surface area contributed by atoms with Crippen LogP contribution in [0.4, 0.5) is 11.4 Å². The maximum Gasteiger partial charge on any atom is 0.231 e. The van der Waals surface area contributed by atoms with E-state index in [1.165, 1.54) is 5.56 Å². The highest BCUT2D eigenvalue weighted by atomic mass is 16.2. The van der Waals surface area contributed by atoms with Crippen molar-refractivity contribution in [1.29, 1.82) is 0 Å². The first-order valence-corrected chi connectivity index (χ1v) is 10.5. The Morgan fingerprint density at radius 1 is 1.10 bits per heavy atom. The zero-order chi connectivity index (χ0) is 20.2. The van der Waals surface area contributed by atoms with Crippen LogP contribution in [0, 0.1) is 5.92 Å². The summed E-state index contributed by atoms with van der Waals surface area (Å²) >= 11 is 0. The number of nitrogens with one attached hydrogen (secondary N) is 1. The standard InChI is InChI=1S/C23H28N4O2/c1-2-22(28)26-12-9-18(10-13-26)17-5-7-20(8-6-17)25-23(29)19-15-27(16-19)21-4-3-11-24-14-21/h3-8,11,14,18-19H,2,9-10,12-13,15-16H2,1H3,(H,25,29). The first-order chi connectivity index (χ1) is 14.1. The molecule has 0 spiro atoms. The molecule has 0 atom stereocenters. The van der Waals surface area contributed by atoms with Gasteiger partial charge < -0.3 is 15.1 Å². The second-order valence-corrected chi connectivity index (χ2v) is 7.93. The van der Waals surface area contributed by atoms with Gasteiger partial charge in [-0.1, -0.05) is 19.1 Å². The fourth-order valence-electron chi connectivity index (χ4n) is 4.16. The van der Waals surface area contributed by atoms with Crippen LogP contribution >= 0.6 is 0 Å². The van der Waals surface area contributed by atoms with Gasteiger partial charge in [-0.3, -0.25) is 14.6 Å². The molecule has 0 aliphatic carbocycles.